The van der Waals surface area contributed by atoms with E-state index < -0.39 is 23.8 Å². The molecule has 0 aromatic heterocycles. The van der Waals surface area contributed by atoms with Gasteiger partial charge in [-0.15, -0.1) is 0 Å². The van der Waals surface area contributed by atoms with Crippen LogP contribution in [-0.2, 0) is 17.4 Å². The van der Waals surface area contributed by atoms with Crippen molar-refractivity contribution in [3.8, 4) is 0 Å². The SMILES string of the molecule is O=C(O)[C@H](Cc1cccc(C(F)(F)F)c1)N1CCCC1. The fourth-order valence-electron chi connectivity index (χ4n) is 2.52. The molecule has 1 fully saturated rings. The number of halogens is 3. The van der Waals surface area contributed by atoms with E-state index in [-0.39, 0.29) is 6.42 Å². The summed E-state index contributed by atoms with van der Waals surface area (Å²) in [7, 11) is 0. The summed E-state index contributed by atoms with van der Waals surface area (Å²) in [4.78, 5) is 13.1. The van der Waals surface area contributed by atoms with Crippen molar-refractivity contribution in [2.75, 3.05) is 13.1 Å². The number of benzene rings is 1. The summed E-state index contributed by atoms with van der Waals surface area (Å²) >= 11 is 0. The molecule has 0 saturated carbocycles. The fraction of sp³-hybridized carbons (Fsp3) is 0.500. The molecule has 3 nitrogen and oxygen atoms in total. The van der Waals surface area contributed by atoms with Gasteiger partial charge in [0.25, 0.3) is 0 Å². The number of carboxylic acid groups (broad SMARTS) is 1. The number of likely N-dealkylation sites (tertiary alicyclic amines) is 1. The second-order valence-corrected chi connectivity index (χ2v) is 5.00. The van der Waals surface area contributed by atoms with E-state index in [4.69, 9.17) is 0 Å². The van der Waals surface area contributed by atoms with Crippen LogP contribution in [0, 0.1) is 0 Å². The molecule has 1 saturated heterocycles. The van der Waals surface area contributed by atoms with Crippen LogP contribution in [0.5, 0.6) is 0 Å². The standard InChI is InChI=1S/C14H16F3NO2/c15-14(16,17)11-5-3-4-10(8-11)9-12(13(19)20)18-6-1-2-7-18/h3-5,8,12H,1-2,6-7,9H2,(H,19,20)/t12-/m0/s1. The Morgan fingerprint density at radius 3 is 2.50 bits per heavy atom. The molecule has 2 rings (SSSR count). The van der Waals surface area contributed by atoms with Crippen LogP contribution in [0.4, 0.5) is 13.2 Å². The highest BCUT2D eigenvalue weighted by molar-refractivity contribution is 5.74. The Labute approximate surface area is 115 Å². The average Bonchev–Trinajstić information content (AvgIpc) is 2.88. The first-order chi connectivity index (χ1) is 9.38. The first-order valence-electron chi connectivity index (χ1n) is 6.51. The molecule has 20 heavy (non-hydrogen) atoms. The molecule has 1 N–H and O–H groups in total. The van der Waals surface area contributed by atoms with Crippen molar-refractivity contribution in [3.05, 3.63) is 35.4 Å². The topological polar surface area (TPSA) is 40.5 Å². The van der Waals surface area contributed by atoms with Crippen molar-refractivity contribution in [2.24, 2.45) is 0 Å². The summed E-state index contributed by atoms with van der Waals surface area (Å²) in [6.45, 7) is 1.38. The summed E-state index contributed by atoms with van der Waals surface area (Å²) in [6, 6.07) is 4.14. The Kier molecular flexibility index (Phi) is 4.32. The van der Waals surface area contributed by atoms with Gasteiger partial charge in [-0.25, -0.2) is 0 Å². The first kappa shape index (κ1) is 14.8. The van der Waals surface area contributed by atoms with Crippen LogP contribution in [0.25, 0.3) is 0 Å². The van der Waals surface area contributed by atoms with Gasteiger partial charge in [-0.05, 0) is 44.0 Å². The Bertz CT molecular complexity index is 482. The van der Waals surface area contributed by atoms with Crippen molar-refractivity contribution in [3.63, 3.8) is 0 Å². The van der Waals surface area contributed by atoms with Crippen LogP contribution in [0.1, 0.15) is 24.0 Å². The van der Waals surface area contributed by atoms with Crippen LogP contribution < -0.4 is 0 Å². The van der Waals surface area contributed by atoms with Crippen LogP contribution in [0.15, 0.2) is 24.3 Å². The number of carboxylic acids is 1. The van der Waals surface area contributed by atoms with Gasteiger partial charge in [-0.2, -0.15) is 13.2 Å². The third-order valence-corrected chi connectivity index (χ3v) is 3.55. The lowest BCUT2D eigenvalue weighted by Crippen LogP contribution is -2.40. The van der Waals surface area contributed by atoms with Gasteiger partial charge in [-0.3, -0.25) is 9.69 Å². The van der Waals surface area contributed by atoms with E-state index in [0.29, 0.717) is 18.7 Å². The highest BCUT2D eigenvalue weighted by Gasteiger charge is 2.32. The van der Waals surface area contributed by atoms with Crippen molar-refractivity contribution in [1.29, 1.82) is 0 Å². The molecule has 0 radical (unpaired) electrons. The van der Waals surface area contributed by atoms with Gasteiger partial charge in [0.1, 0.15) is 6.04 Å². The van der Waals surface area contributed by atoms with Gasteiger partial charge in [-0.1, -0.05) is 18.2 Å². The minimum Gasteiger partial charge on any atom is -0.480 e. The summed E-state index contributed by atoms with van der Waals surface area (Å²) in [5, 5.41) is 9.26. The third kappa shape index (κ3) is 3.50. The number of hydrogen-bond donors (Lipinski definition) is 1. The summed E-state index contributed by atoms with van der Waals surface area (Å²) in [5.74, 6) is -0.982. The lowest BCUT2D eigenvalue weighted by Gasteiger charge is -2.24. The molecule has 0 spiro atoms. The Morgan fingerprint density at radius 1 is 1.30 bits per heavy atom. The smallest absolute Gasteiger partial charge is 0.416 e. The summed E-state index contributed by atoms with van der Waals surface area (Å²) < 4.78 is 37.9. The van der Waals surface area contributed by atoms with E-state index >= 15 is 0 Å². The maximum absolute atomic E-state index is 12.6. The van der Waals surface area contributed by atoms with Gasteiger partial charge < -0.3 is 5.11 Å². The largest absolute Gasteiger partial charge is 0.480 e. The van der Waals surface area contributed by atoms with E-state index in [2.05, 4.69) is 0 Å². The van der Waals surface area contributed by atoms with Crippen molar-refractivity contribution in [1.82, 2.24) is 4.90 Å². The molecular weight excluding hydrogens is 271 g/mol. The molecular formula is C14H16F3NO2. The second-order valence-electron chi connectivity index (χ2n) is 5.00. The lowest BCUT2D eigenvalue weighted by atomic mass is 10.0. The third-order valence-electron chi connectivity index (χ3n) is 3.55. The summed E-state index contributed by atoms with van der Waals surface area (Å²) in [5.41, 5.74) is -0.334. The molecule has 0 bridgehead atoms. The highest BCUT2D eigenvalue weighted by atomic mass is 19.4. The zero-order valence-electron chi connectivity index (χ0n) is 10.9. The van der Waals surface area contributed by atoms with Crippen LogP contribution in [-0.4, -0.2) is 35.1 Å². The van der Waals surface area contributed by atoms with E-state index in [1.54, 1.807) is 6.07 Å². The molecule has 1 heterocycles. The maximum atomic E-state index is 12.6. The monoisotopic (exact) mass is 287 g/mol. The Hall–Kier alpha value is -1.56. The fourth-order valence-corrected chi connectivity index (χ4v) is 2.52. The molecule has 1 aromatic rings. The quantitative estimate of drug-likeness (QED) is 0.925. The van der Waals surface area contributed by atoms with Crippen molar-refractivity contribution in [2.45, 2.75) is 31.5 Å². The normalized spacial score (nSPS) is 18.1. The molecule has 1 aliphatic rings. The van der Waals surface area contributed by atoms with Gasteiger partial charge >= 0.3 is 12.1 Å². The minimum atomic E-state index is -4.40. The molecule has 0 unspecified atom stereocenters. The lowest BCUT2D eigenvalue weighted by molar-refractivity contribution is -0.142. The van der Waals surface area contributed by atoms with E-state index in [1.165, 1.54) is 6.07 Å². The average molecular weight is 287 g/mol. The molecule has 0 aliphatic carbocycles. The molecule has 1 atom stereocenters. The zero-order chi connectivity index (χ0) is 14.8. The number of nitrogens with zero attached hydrogens (tertiary/aromatic N) is 1. The molecule has 1 aromatic carbocycles. The molecule has 0 amide bonds. The van der Waals surface area contributed by atoms with Crippen LogP contribution >= 0.6 is 0 Å². The Balaban J connectivity index is 2.16. The number of rotatable bonds is 4. The van der Waals surface area contributed by atoms with Gasteiger partial charge in [0.2, 0.25) is 0 Å². The first-order valence-corrected chi connectivity index (χ1v) is 6.51. The minimum absolute atomic E-state index is 0.0965. The van der Waals surface area contributed by atoms with Crippen LogP contribution in [0.2, 0.25) is 0 Å². The second kappa shape index (κ2) is 5.83. The van der Waals surface area contributed by atoms with Gasteiger partial charge in [0, 0.05) is 0 Å². The van der Waals surface area contributed by atoms with E-state index in [9.17, 15) is 23.1 Å². The van der Waals surface area contributed by atoms with E-state index in [1.807, 2.05) is 4.90 Å². The number of aliphatic carboxylic acids is 1. The number of hydrogen-bond acceptors (Lipinski definition) is 2. The number of alkyl halides is 3. The maximum Gasteiger partial charge on any atom is 0.416 e. The highest BCUT2D eigenvalue weighted by Crippen LogP contribution is 2.30. The van der Waals surface area contributed by atoms with Gasteiger partial charge in [0.05, 0.1) is 5.56 Å². The van der Waals surface area contributed by atoms with Crippen LogP contribution in [0.3, 0.4) is 0 Å². The Morgan fingerprint density at radius 2 is 1.95 bits per heavy atom. The summed E-state index contributed by atoms with van der Waals surface area (Å²) in [6.07, 6.45) is -2.43. The molecule has 1 aliphatic heterocycles. The molecule has 110 valence electrons. The zero-order valence-corrected chi connectivity index (χ0v) is 10.9. The van der Waals surface area contributed by atoms with Crippen molar-refractivity contribution < 1.29 is 23.1 Å². The predicted molar refractivity (Wildman–Crippen MR) is 67.4 cm³/mol. The number of carbonyl (C=O) groups is 1. The molecule has 6 heteroatoms. The predicted octanol–water partition coefficient (Wildman–Crippen LogP) is 2.80. The van der Waals surface area contributed by atoms with Gasteiger partial charge in [0.15, 0.2) is 0 Å². The van der Waals surface area contributed by atoms with Crippen molar-refractivity contribution >= 4 is 5.97 Å². The van der Waals surface area contributed by atoms with E-state index in [0.717, 1.165) is 25.0 Å².